The normalized spacial score (nSPS) is 14.8. The highest BCUT2D eigenvalue weighted by Crippen LogP contribution is 2.28. The molecule has 1 saturated heterocycles. The number of hydrogen-bond acceptors (Lipinski definition) is 7. The van der Waals surface area contributed by atoms with Gasteiger partial charge < -0.3 is 24.5 Å². The molecule has 0 aliphatic carbocycles. The van der Waals surface area contributed by atoms with E-state index in [1.165, 1.54) is 12.3 Å². The monoisotopic (exact) mass is 373 g/mol. The van der Waals surface area contributed by atoms with E-state index in [0.717, 1.165) is 37.6 Å². The minimum Gasteiger partial charge on any atom is -0.495 e. The second-order valence-corrected chi connectivity index (χ2v) is 6.26. The van der Waals surface area contributed by atoms with Crippen molar-refractivity contribution < 1.29 is 18.7 Å². The first-order valence-corrected chi connectivity index (χ1v) is 8.70. The zero-order valence-corrected chi connectivity index (χ0v) is 15.2. The third-order valence-electron chi connectivity index (χ3n) is 4.40. The van der Waals surface area contributed by atoms with Crippen molar-refractivity contribution in [3.8, 4) is 11.5 Å². The lowest BCUT2D eigenvalue weighted by atomic mass is 10.2. The van der Waals surface area contributed by atoms with Crippen LogP contribution in [0.1, 0.15) is 5.76 Å². The second kappa shape index (κ2) is 8.59. The molecule has 1 fully saturated rings. The number of carbonyl (C=O) groups excluding carboxylic acids is 1. The molecule has 0 bridgehead atoms. The zero-order valence-electron chi connectivity index (χ0n) is 15.2. The fourth-order valence-corrected chi connectivity index (χ4v) is 3.03. The molecule has 0 atom stereocenters. The fraction of sp³-hybridized carbons (Fsp3) is 0.368. The fourth-order valence-electron chi connectivity index (χ4n) is 3.03. The quantitative estimate of drug-likeness (QED) is 0.768. The van der Waals surface area contributed by atoms with Gasteiger partial charge in [0.1, 0.15) is 17.8 Å². The summed E-state index contributed by atoms with van der Waals surface area (Å²) in [6.45, 7) is 3.55. The van der Waals surface area contributed by atoms with E-state index in [9.17, 15) is 9.59 Å². The third-order valence-corrected chi connectivity index (χ3v) is 4.40. The number of hydrogen-bond donors (Lipinski definition) is 1. The summed E-state index contributed by atoms with van der Waals surface area (Å²) in [5.74, 6) is 0.755. The summed E-state index contributed by atoms with van der Waals surface area (Å²) in [4.78, 5) is 27.3. The van der Waals surface area contributed by atoms with E-state index < -0.39 is 5.91 Å². The van der Waals surface area contributed by atoms with Crippen LogP contribution in [-0.2, 0) is 11.3 Å². The molecule has 8 heteroatoms. The lowest BCUT2D eigenvalue weighted by Crippen LogP contribution is -2.46. The van der Waals surface area contributed by atoms with Crippen LogP contribution in [0.25, 0.3) is 0 Å². The van der Waals surface area contributed by atoms with E-state index >= 15 is 0 Å². The van der Waals surface area contributed by atoms with Crippen molar-refractivity contribution in [3.63, 3.8) is 0 Å². The van der Waals surface area contributed by atoms with Crippen LogP contribution in [-0.4, -0.2) is 50.7 Å². The molecule has 1 amide bonds. The number of nitrogens with two attached hydrogens (primary N) is 1. The Bertz CT molecular complexity index is 843. The van der Waals surface area contributed by atoms with Crippen molar-refractivity contribution >= 4 is 11.6 Å². The van der Waals surface area contributed by atoms with Crippen LogP contribution in [0, 0.1) is 0 Å². The number of carbonyl (C=O) groups is 1. The third kappa shape index (κ3) is 4.79. The molecule has 3 rings (SSSR count). The van der Waals surface area contributed by atoms with E-state index in [1.807, 2.05) is 18.2 Å². The van der Waals surface area contributed by atoms with Gasteiger partial charge in [-0.2, -0.15) is 0 Å². The van der Waals surface area contributed by atoms with E-state index in [-0.39, 0.29) is 17.8 Å². The SMILES string of the molecule is COc1ccccc1N1CCN(Cc2cc(=O)c(OCC(N)=O)co2)CC1. The van der Waals surface area contributed by atoms with Gasteiger partial charge in [0.05, 0.1) is 19.3 Å². The Morgan fingerprint density at radius 3 is 2.59 bits per heavy atom. The Hall–Kier alpha value is -3.00. The molecule has 0 spiro atoms. The van der Waals surface area contributed by atoms with Gasteiger partial charge in [-0.25, -0.2) is 0 Å². The maximum atomic E-state index is 12.0. The minimum atomic E-state index is -0.647. The Kier molecular flexibility index (Phi) is 5.97. The van der Waals surface area contributed by atoms with Crippen LogP contribution in [0.15, 0.2) is 45.8 Å². The lowest BCUT2D eigenvalue weighted by Gasteiger charge is -2.36. The van der Waals surface area contributed by atoms with Crippen molar-refractivity contribution in [1.82, 2.24) is 4.90 Å². The van der Waals surface area contributed by atoms with Crippen LogP contribution in [0.3, 0.4) is 0 Å². The molecule has 0 unspecified atom stereocenters. The Morgan fingerprint density at radius 1 is 1.19 bits per heavy atom. The lowest BCUT2D eigenvalue weighted by molar-refractivity contribution is -0.119. The van der Waals surface area contributed by atoms with Crippen molar-refractivity contribution in [2.24, 2.45) is 5.73 Å². The molecule has 2 N–H and O–H groups in total. The smallest absolute Gasteiger partial charge is 0.255 e. The summed E-state index contributed by atoms with van der Waals surface area (Å²) >= 11 is 0. The first-order valence-electron chi connectivity index (χ1n) is 8.70. The standard InChI is InChI=1S/C19H23N3O5/c1-25-17-5-3-2-4-15(17)22-8-6-21(7-9-22)11-14-10-16(23)18(12-26-14)27-13-19(20)24/h2-5,10,12H,6-9,11,13H2,1H3,(H2,20,24). The summed E-state index contributed by atoms with van der Waals surface area (Å²) in [6.07, 6.45) is 1.23. The first kappa shape index (κ1) is 18.8. The molecule has 1 aromatic heterocycles. The largest absolute Gasteiger partial charge is 0.495 e. The molecule has 144 valence electrons. The molecule has 2 heterocycles. The second-order valence-electron chi connectivity index (χ2n) is 6.26. The number of primary amides is 1. The van der Waals surface area contributed by atoms with Gasteiger partial charge in [0.15, 0.2) is 6.61 Å². The summed E-state index contributed by atoms with van der Waals surface area (Å²) in [5, 5.41) is 0. The Labute approximate surface area is 157 Å². The molecule has 8 nitrogen and oxygen atoms in total. The summed E-state index contributed by atoms with van der Waals surface area (Å²) < 4.78 is 15.9. The van der Waals surface area contributed by atoms with Gasteiger partial charge >= 0.3 is 0 Å². The number of methoxy groups -OCH3 is 1. The minimum absolute atomic E-state index is 0.0152. The summed E-state index contributed by atoms with van der Waals surface area (Å²) in [5.41, 5.74) is 5.76. The van der Waals surface area contributed by atoms with Gasteiger partial charge in [0.25, 0.3) is 5.91 Å². The van der Waals surface area contributed by atoms with E-state index in [4.69, 9.17) is 19.6 Å². The van der Waals surface area contributed by atoms with Gasteiger partial charge in [0, 0.05) is 32.2 Å². The molecule has 0 saturated carbocycles. The average Bonchev–Trinajstić information content (AvgIpc) is 2.68. The zero-order chi connectivity index (χ0) is 19.2. The molecule has 2 aromatic rings. The van der Waals surface area contributed by atoms with Crippen molar-refractivity contribution in [2.75, 3.05) is 44.8 Å². The topological polar surface area (TPSA) is 98.2 Å². The van der Waals surface area contributed by atoms with Crippen molar-refractivity contribution in [2.45, 2.75) is 6.54 Å². The maximum Gasteiger partial charge on any atom is 0.255 e. The molecule has 1 aromatic carbocycles. The van der Waals surface area contributed by atoms with Crippen LogP contribution in [0.4, 0.5) is 5.69 Å². The van der Waals surface area contributed by atoms with Gasteiger partial charge in [-0.3, -0.25) is 14.5 Å². The highest BCUT2D eigenvalue weighted by atomic mass is 16.5. The number of amides is 1. The number of benzene rings is 1. The van der Waals surface area contributed by atoms with Crippen LogP contribution in [0.5, 0.6) is 11.5 Å². The number of rotatable bonds is 7. The van der Waals surface area contributed by atoms with Gasteiger partial charge in [-0.15, -0.1) is 0 Å². The van der Waals surface area contributed by atoms with Crippen LogP contribution >= 0.6 is 0 Å². The van der Waals surface area contributed by atoms with E-state index in [1.54, 1.807) is 7.11 Å². The molecular weight excluding hydrogens is 350 g/mol. The highest BCUT2D eigenvalue weighted by Gasteiger charge is 2.20. The number of para-hydroxylation sites is 2. The Morgan fingerprint density at radius 2 is 1.93 bits per heavy atom. The molecular formula is C19H23N3O5. The van der Waals surface area contributed by atoms with Gasteiger partial charge in [-0.1, -0.05) is 12.1 Å². The first-order chi connectivity index (χ1) is 13.1. The Balaban J connectivity index is 1.57. The molecule has 27 heavy (non-hydrogen) atoms. The van der Waals surface area contributed by atoms with Crippen molar-refractivity contribution in [1.29, 1.82) is 0 Å². The van der Waals surface area contributed by atoms with Gasteiger partial charge in [0.2, 0.25) is 11.2 Å². The molecule has 1 aliphatic rings. The number of piperazine rings is 1. The molecule has 1 aliphatic heterocycles. The summed E-state index contributed by atoms with van der Waals surface area (Å²) in [6, 6.07) is 9.36. The van der Waals surface area contributed by atoms with Gasteiger partial charge in [-0.05, 0) is 12.1 Å². The van der Waals surface area contributed by atoms with Crippen LogP contribution < -0.4 is 25.5 Å². The predicted octanol–water partition coefficient (Wildman–Crippen LogP) is 0.835. The number of nitrogens with zero attached hydrogens (tertiary/aromatic N) is 2. The maximum absolute atomic E-state index is 12.0. The number of anilines is 1. The predicted molar refractivity (Wildman–Crippen MR) is 100 cm³/mol. The van der Waals surface area contributed by atoms with Crippen molar-refractivity contribution in [3.05, 3.63) is 52.6 Å². The van der Waals surface area contributed by atoms with E-state index in [2.05, 4.69) is 15.9 Å². The molecule has 0 radical (unpaired) electrons. The van der Waals surface area contributed by atoms with Crippen LogP contribution in [0.2, 0.25) is 0 Å². The average molecular weight is 373 g/mol. The summed E-state index contributed by atoms with van der Waals surface area (Å²) in [7, 11) is 1.67. The number of ether oxygens (including phenoxy) is 2. The highest BCUT2D eigenvalue weighted by molar-refractivity contribution is 5.75. The van der Waals surface area contributed by atoms with E-state index in [0.29, 0.717) is 12.3 Å².